The van der Waals surface area contributed by atoms with Crippen molar-refractivity contribution in [2.24, 2.45) is 23.2 Å². The SMILES string of the molecule is CCOC(=O)c1c(NC(=S)NC(CC)C23CC4CC(CC(C4)C2)C3)sc2c1CCCCCC2. The average Bonchev–Trinajstić information content (AvgIpc) is 3.07. The second kappa shape index (κ2) is 9.85. The molecule has 2 N–H and O–H groups in total. The number of hydrogen-bond acceptors (Lipinski definition) is 4. The van der Waals surface area contributed by atoms with E-state index in [0.717, 1.165) is 54.0 Å². The van der Waals surface area contributed by atoms with Crippen LogP contribution in [0, 0.1) is 23.2 Å². The topological polar surface area (TPSA) is 50.4 Å². The Morgan fingerprint density at radius 1 is 1.06 bits per heavy atom. The van der Waals surface area contributed by atoms with E-state index in [9.17, 15) is 4.79 Å². The van der Waals surface area contributed by atoms with Gasteiger partial charge in [-0.3, -0.25) is 0 Å². The molecule has 1 aromatic heterocycles. The van der Waals surface area contributed by atoms with E-state index in [0.29, 0.717) is 23.2 Å². The van der Waals surface area contributed by atoms with E-state index in [1.165, 1.54) is 68.2 Å². The number of fused-ring (bicyclic) bond motifs is 1. The number of anilines is 1. The van der Waals surface area contributed by atoms with Gasteiger partial charge in [0.05, 0.1) is 12.2 Å². The lowest BCUT2D eigenvalue weighted by atomic mass is 9.47. The molecule has 6 heteroatoms. The summed E-state index contributed by atoms with van der Waals surface area (Å²) in [4.78, 5) is 14.3. The molecular weight excluding hydrogens is 448 g/mol. The van der Waals surface area contributed by atoms with Crippen molar-refractivity contribution >= 4 is 39.6 Å². The molecule has 1 atom stereocenters. The number of esters is 1. The Morgan fingerprint density at radius 2 is 1.70 bits per heavy atom. The first-order valence-corrected chi connectivity index (χ1v) is 14.6. The van der Waals surface area contributed by atoms with E-state index < -0.39 is 0 Å². The number of aryl methyl sites for hydroxylation is 1. The van der Waals surface area contributed by atoms with E-state index in [2.05, 4.69) is 17.6 Å². The molecule has 0 aliphatic heterocycles. The molecule has 4 saturated carbocycles. The quantitative estimate of drug-likeness (QED) is 0.338. The summed E-state index contributed by atoms with van der Waals surface area (Å²) in [5, 5.41) is 8.80. The third-order valence-electron chi connectivity index (χ3n) is 8.92. The van der Waals surface area contributed by atoms with E-state index >= 15 is 0 Å². The van der Waals surface area contributed by atoms with Crippen LogP contribution in [0.3, 0.4) is 0 Å². The molecule has 0 aromatic carbocycles. The van der Waals surface area contributed by atoms with Gasteiger partial charge in [-0.25, -0.2) is 4.79 Å². The van der Waals surface area contributed by atoms with Gasteiger partial charge in [-0.2, -0.15) is 0 Å². The molecule has 0 radical (unpaired) electrons. The maximum absolute atomic E-state index is 13.0. The highest BCUT2D eigenvalue weighted by Crippen LogP contribution is 2.61. The van der Waals surface area contributed by atoms with Crippen molar-refractivity contribution in [1.82, 2.24) is 5.32 Å². The van der Waals surface area contributed by atoms with Crippen LogP contribution < -0.4 is 10.6 Å². The van der Waals surface area contributed by atoms with Crippen LogP contribution in [-0.2, 0) is 17.6 Å². The lowest BCUT2D eigenvalue weighted by molar-refractivity contribution is -0.0710. The maximum Gasteiger partial charge on any atom is 0.341 e. The second-order valence-corrected chi connectivity index (χ2v) is 12.7. The molecule has 4 bridgehead atoms. The van der Waals surface area contributed by atoms with Crippen LogP contribution in [0.1, 0.15) is 105 Å². The van der Waals surface area contributed by atoms with Gasteiger partial charge in [0, 0.05) is 10.9 Å². The van der Waals surface area contributed by atoms with E-state index in [1.807, 2.05) is 6.92 Å². The molecule has 1 heterocycles. The van der Waals surface area contributed by atoms with E-state index in [1.54, 1.807) is 11.3 Å². The molecule has 4 nitrogen and oxygen atoms in total. The molecule has 0 spiro atoms. The molecule has 4 fully saturated rings. The molecule has 182 valence electrons. The van der Waals surface area contributed by atoms with E-state index in [4.69, 9.17) is 17.0 Å². The van der Waals surface area contributed by atoms with Crippen LogP contribution >= 0.6 is 23.6 Å². The number of nitrogens with one attached hydrogen (secondary N) is 2. The third-order valence-corrected chi connectivity index (χ3v) is 10.3. The number of hydrogen-bond donors (Lipinski definition) is 2. The van der Waals surface area contributed by atoms with Gasteiger partial charge >= 0.3 is 5.97 Å². The largest absolute Gasteiger partial charge is 0.462 e. The summed E-state index contributed by atoms with van der Waals surface area (Å²) in [7, 11) is 0. The Hall–Kier alpha value is -1.14. The van der Waals surface area contributed by atoms with Crippen LogP contribution in [0.4, 0.5) is 5.00 Å². The molecule has 5 aliphatic rings. The second-order valence-electron chi connectivity index (χ2n) is 11.2. The van der Waals surface area contributed by atoms with E-state index in [-0.39, 0.29) is 5.97 Å². The van der Waals surface area contributed by atoms with Gasteiger partial charge < -0.3 is 15.4 Å². The first-order valence-electron chi connectivity index (χ1n) is 13.4. The van der Waals surface area contributed by atoms with Crippen molar-refractivity contribution in [3.05, 3.63) is 16.0 Å². The van der Waals surface area contributed by atoms with Crippen molar-refractivity contribution in [2.45, 2.75) is 103 Å². The van der Waals surface area contributed by atoms with Crippen molar-refractivity contribution < 1.29 is 9.53 Å². The van der Waals surface area contributed by atoms with Crippen LogP contribution in [0.2, 0.25) is 0 Å². The van der Waals surface area contributed by atoms with Gasteiger partial charge in [-0.05, 0) is 119 Å². The molecule has 0 saturated heterocycles. The lowest BCUT2D eigenvalue weighted by Crippen LogP contribution is -2.57. The molecular formula is C27H40N2O2S2. The number of rotatable bonds is 6. The van der Waals surface area contributed by atoms with Crippen LogP contribution in [0.25, 0.3) is 0 Å². The van der Waals surface area contributed by atoms with Crippen LogP contribution in [0.5, 0.6) is 0 Å². The number of carbonyl (C=O) groups excluding carboxylic acids is 1. The molecule has 0 amide bonds. The third kappa shape index (κ3) is 4.71. The Bertz CT molecular complexity index is 858. The summed E-state index contributed by atoms with van der Waals surface area (Å²) >= 11 is 7.59. The van der Waals surface area contributed by atoms with Crippen molar-refractivity contribution in [3.63, 3.8) is 0 Å². The van der Waals surface area contributed by atoms with Gasteiger partial charge in [0.1, 0.15) is 5.00 Å². The summed E-state index contributed by atoms with van der Waals surface area (Å²) in [6.45, 7) is 4.58. The number of thiocarbonyl (C=S) groups is 1. The van der Waals surface area contributed by atoms with Gasteiger partial charge in [-0.1, -0.05) is 19.8 Å². The fourth-order valence-corrected chi connectivity index (χ4v) is 9.61. The Labute approximate surface area is 208 Å². The summed E-state index contributed by atoms with van der Waals surface area (Å²) in [5.41, 5.74) is 2.35. The highest BCUT2D eigenvalue weighted by atomic mass is 32.1. The lowest BCUT2D eigenvalue weighted by Gasteiger charge is -2.59. The van der Waals surface area contributed by atoms with Gasteiger partial charge in [0.2, 0.25) is 0 Å². The fourth-order valence-electron chi connectivity index (χ4n) is 8.02. The predicted octanol–water partition coefficient (Wildman–Crippen LogP) is 6.87. The maximum atomic E-state index is 13.0. The highest BCUT2D eigenvalue weighted by Gasteiger charge is 2.53. The number of ether oxygens (including phenoxy) is 1. The average molecular weight is 489 g/mol. The molecule has 6 rings (SSSR count). The fraction of sp³-hybridized carbons (Fsp3) is 0.778. The van der Waals surface area contributed by atoms with Crippen LogP contribution in [-0.4, -0.2) is 23.7 Å². The van der Waals surface area contributed by atoms with Gasteiger partial charge in [0.15, 0.2) is 5.11 Å². The summed E-state index contributed by atoms with van der Waals surface area (Å²) in [6, 6.07) is 0.415. The molecule has 1 aromatic rings. The Kier molecular flexibility index (Phi) is 7.04. The summed E-state index contributed by atoms with van der Waals surface area (Å²) in [6.07, 6.45) is 16.5. The Morgan fingerprint density at radius 3 is 2.30 bits per heavy atom. The van der Waals surface area contributed by atoms with Crippen molar-refractivity contribution in [3.8, 4) is 0 Å². The summed E-state index contributed by atoms with van der Waals surface area (Å²) < 4.78 is 5.48. The molecule has 5 aliphatic carbocycles. The first-order chi connectivity index (χ1) is 16.0. The van der Waals surface area contributed by atoms with Crippen LogP contribution in [0.15, 0.2) is 0 Å². The minimum atomic E-state index is -0.200. The number of thiophene rings is 1. The minimum absolute atomic E-state index is 0.200. The Balaban J connectivity index is 1.34. The van der Waals surface area contributed by atoms with Gasteiger partial charge in [0.25, 0.3) is 0 Å². The summed E-state index contributed by atoms with van der Waals surface area (Å²) in [5.74, 6) is 2.59. The standard InChI is InChI=1S/C27H40N2O2S2/c1-3-22(27-14-17-11-18(15-27)13-19(12-17)16-27)28-26(32)29-24-23(25(30)31-4-2)20-9-7-5-6-8-10-21(20)33-24/h17-19,22H,3-16H2,1-2H3,(H2,28,29,32). The normalized spacial score (nSPS) is 31.3. The zero-order valence-corrected chi connectivity index (χ0v) is 22.0. The number of carbonyl (C=O) groups is 1. The molecule has 1 unspecified atom stereocenters. The highest BCUT2D eigenvalue weighted by molar-refractivity contribution is 7.80. The monoisotopic (exact) mass is 488 g/mol. The van der Waals surface area contributed by atoms with Crippen molar-refractivity contribution in [1.29, 1.82) is 0 Å². The van der Waals surface area contributed by atoms with Crippen molar-refractivity contribution in [2.75, 3.05) is 11.9 Å². The minimum Gasteiger partial charge on any atom is -0.462 e. The van der Waals surface area contributed by atoms with Gasteiger partial charge in [-0.15, -0.1) is 11.3 Å². The smallest absolute Gasteiger partial charge is 0.341 e. The zero-order valence-electron chi connectivity index (χ0n) is 20.3. The molecule has 33 heavy (non-hydrogen) atoms. The predicted molar refractivity (Wildman–Crippen MR) is 140 cm³/mol. The first kappa shape index (κ1) is 23.6. The zero-order chi connectivity index (χ0) is 23.0.